The number of anilines is 1. The van der Waals surface area contributed by atoms with E-state index in [4.69, 9.17) is 9.47 Å². The van der Waals surface area contributed by atoms with Crippen molar-refractivity contribution in [3.8, 4) is 11.5 Å². The normalized spacial score (nSPS) is 13.0. The minimum absolute atomic E-state index is 0.0118. The van der Waals surface area contributed by atoms with Crippen LogP contribution < -0.4 is 14.8 Å². The Balaban J connectivity index is 1.46. The topological polar surface area (TPSA) is 63.4 Å². The third-order valence-electron chi connectivity index (χ3n) is 4.43. The first-order chi connectivity index (χ1) is 12.7. The van der Waals surface area contributed by atoms with Crippen LogP contribution in [-0.4, -0.2) is 30.4 Å². The maximum Gasteiger partial charge on any atom is 0.224 e. The maximum atomic E-state index is 12.5. The second-order valence-corrected chi connectivity index (χ2v) is 6.95. The molecule has 0 saturated carbocycles. The molecule has 26 heavy (non-hydrogen) atoms. The van der Waals surface area contributed by atoms with Gasteiger partial charge < -0.3 is 19.8 Å². The quantitative estimate of drug-likeness (QED) is 0.662. The van der Waals surface area contributed by atoms with Crippen molar-refractivity contribution in [1.29, 1.82) is 0 Å². The highest BCUT2D eigenvalue weighted by molar-refractivity contribution is 7.98. The summed E-state index contributed by atoms with van der Waals surface area (Å²) in [5.74, 6) is 1.40. The number of hydrogen-bond donors (Lipinski definition) is 2. The number of aromatic nitrogens is 1. The van der Waals surface area contributed by atoms with E-state index in [1.54, 1.807) is 11.8 Å². The van der Waals surface area contributed by atoms with Gasteiger partial charge in [-0.15, -0.1) is 11.8 Å². The predicted octanol–water partition coefficient (Wildman–Crippen LogP) is 4.23. The zero-order chi connectivity index (χ0) is 17.9. The van der Waals surface area contributed by atoms with Crippen LogP contribution in [0.2, 0.25) is 0 Å². The number of amides is 1. The molecule has 0 atom stereocenters. The SMILES string of the molecule is CSc1cc2c(cc1NC(=O)CCc1c[nH]c3ccccc13)OCCO2. The molecule has 2 N–H and O–H groups in total. The highest BCUT2D eigenvalue weighted by Crippen LogP contribution is 2.39. The van der Waals surface area contributed by atoms with Gasteiger partial charge in [-0.3, -0.25) is 4.79 Å². The Morgan fingerprint density at radius 3 is 2.77 bits per heavy atom. The number of rotatable bonds is 5. The van der Waals surface area contributed by atoms with Crippen LogP contribution >= 0.6 is 11.8 Å². The van der Waals surface area contributed by atoms with Gasteiger partial charge >= 0.3 is 0 Å². The van der Waals surface area contributed by atoms with E-state index in [0.29, 0.717) is 31.8 Å². The smallest absolute Gasteiger partial charge is 0.224 e. The van der Waals surface area contributed by atoms with Crippen molar-refractivity contribution in [1.82, 2.24) is 4.98 Å². The summed E-state index contributed by atoms with van der Waals surface area (Å²) in [5, 5.41) is 4.19. The average molecular weight is 368 g/mol. The lowest BCUT2D eigenvalue weighted by Crippen LogP contribution is -2.17. The third kappa shape index (κ3) is 3.37. The third-order valence-corrected chi connectivity index (χ3v) is 5.21. The number of para-hydroxylation sites is 1. The summed E-state index contributed by atoms with van der Waals surface area (Å²) in [7, 11) is 0. The number of ether oxygens (including phenoxy) is 2. The number of hydrogen-bond acceptors (Lipinski definition) is 4. The minimum atomic E-state index is -0.0118. The van der Waals surface area contributed by atoms with Crippen LogP contribution in [0.1, 0.15) is 12.0 Å². The van der Waals surface area contributed by atoms with Crippen LogP contribution in [0.25, 0.3) is 10.9 Å². The lowest BCUT2D eigenvalue weighted by Gasteiger charge is -2.21. The number of H-pyrrole nitrogens is 1. The fraction of sp³-hybridized carbons (Fsp3) is 0.250. The molecule has 0 bridgehead atoms. The number of fused-ring (bicyclic) bond motifs is 2. The van der Waals surface area contributed by atoms with E-state index in [0.717, 1.165) is 27.4 Å². The molecular weight excluding hydrogens is 348 g/mol. The standard InChI is InChI=1S/C20H20N2O3S/c1-26-19-11-18-17(24-8-9-25-18)10-16(19)22-20(23)7-6-13-12-21-15-5-3-2-4-14(13)15/h2-5,10-12,21H,6-9H2,1H3,(H,22,23). The minimum Gasteiger partial charge on any atom is -0.486 e. The molecule has 0 unspecified atom stereocenters. The zero-order valence-electron chi connectivity index (χ0n) is 14.5. The van der Waals surface area contributed by atoms with E-state index in [1.165, 1.54) is 5.39 Å². The highest BCUT2D eigenvalue weighted by atomic mass is 32.2. The van der Waals surface area contributed by atoms with Crippen molar-refractivity contribution in [2.24, 2.45) is 0 Å². The van der Waals surface area contributed by atoms with E-state index in [2.05, 4.69) is 16.4 Å². The van der Waals surface area contributed by atoms with Gasteiger partial charge in [0.1, 0.15) is 13.2 Å². The molecule has 0 spiro atoms. The molecule has 1 aliphatic rings. The van der Waals surface area contributed by atoms with Gasteiger partial charge in [-0.1, -0.05) is 18.2 Å². The lowest BCUT2D eigenvalue weighted by atomic mass is 10.1. The summed E-state index contributed by atoms with van der Waals surface area (Å²) in [6, 6.07) is 11.9. The number of carbonyl (C=O) groups is 1. The molecule has 1 aromatic heterocycles. The summed E-state index contributed by atoms with van der Waals surface area (Å²) in [4.78, 5) is 16.7. The second kappa shape index (κ2) is 7.33. The van der Waals surface area contributed by atoms with E-state index in [-0.39, 0.29) is 5.91 Å². The van der Waals surface area contributed by atoms with Gasteiger partial charge in [0.15, 0.2) is 11.5 Å². The first-order valence-corrected chi connectivity index (χ1v) is 9.79. The van der Waals surface area contributed by atoms with Gasteiger partial charge in [-0.05, 0) is 30.4 Å². The Morgan fingerprint density at radius 1 is 1.19 bits per heavy atom. The summed E-state index contributed by atoms with van der Waals surface area (Å²) in [6.45, 7) is 1.08. The number of benzene rings is 2. The second-order valence-electron chi connectivity index (χ2n) is 6.10. The number of thioether (sulfide) groups is 1. The number of aromatic amines is 1. The average Bonchev–Trinajstić information content (AvgIpc) is 3.09. The van der Waals surface area contributed by atoms with Crippen LogP contribution in [-0.2, 0) is 11.2 Å². The monoisotopic (exact) mass is 368 g/mol. The number of aryl methyl sites for hydroxylation is 1. The molecule has 2 heterocycles. The Hall–Kier alpha value is -2.60. The Bertz CT molecular complexity index is 951. The predicted molar refractivity (Wildman–Crippen MR) is 104 cm³/mol. The van der Waals surface area contributed by atoms with Crippen molar-refractivity contribution in [3.63, 3.8) is 0 Å². The van der Waals surface area contributed by atoms with Crippen molar-refractivity contribution in [2.45, 2.75) is 17.7 Å². The van der Waals surface area contributed by atoms with Crippen LogP contribution in [0, 0.1) is 0 Å². The van der Waals surface area contributed by atoms with E-state index < -0.39 is 0 Å². The van der Waals surface area contributed by atoms with Gasteiger partial charge in [-0.2, -0.15) is 0 Å². The zero-order valence-corrected chi connectivity index (χ0v) is 15.3. The van der Waals surface area contributed by atoms with Crippen molar-refractivity contribution >= 4 is 34.3 Å². The molecule has 6 heteroatoms. The van der Waals surface area contributed by atoms with Crippen LogP contribution in [0.3, 0.4) is 0 Å². The van der Waals surface area contributed by atoms with Crippen molar-refractivity contribution in [3.05, 3.63) is 48.2 Å². The highest BCUT2D eigenvalue weighted by Gasteiger charge is 2.17. The summed E-state index contributed by atoms with van der Waals surface area (Å²) < 4.78 is 11.2. The van der Waals surface area contributed by atoms with Gasteiger partial charge in [-0.25, -0.2) is 0 Å². The lowest BCUT2D eigenvalue weighted by molar-refractivity contribution is -0.116. The first kappa shape index (κ1) is 16.8. The van der Waals surface area contributed by atoms with Crippen LogP contribution in [0.5, 0.6) is 11.5 Å². The van der Waals surface area contributed by atoms with Gasteiger partial charge in [0, 0.05) is 34.5 Å². The van der Waals surface area contributed by atoms with E-state index in [1.807, 2.05) is 42.8 Å². The molecule has 5 nitrogen and oxygen atoms in total. The molecule has 1 amide bonds. The molecule has 0 saturated heterocycles. The number of carbonyl (C=O) groups excluding carboxylic acids is 1. The number of nitrogens with one attached hydrogen (secondary N) is 2. The summed E-state index contributed by atoms with van der Waals surface area (Å²) in [5.41, 5.74) is 3.02. The fourth-order valence-electron chi connectivity index (χ4n) is 3.14. The Morgan fingerprint density at radius 2 is 1.96 bits per heavy atom. The fourth-order valence-corrected chi connectivity index (χ4v) is 3.69. The molecule has 2 aromatic carbocycles. The van der Waals surface area contributed by atoms with Gasteiger partial charge in [0.05, 0.1) is 5.69 Å². The van der Waals surface area contributed by atoms with Gasteiger partial charge in [0.2, 0.25) is 5.91 Å². The molecule has 1 aliphatic heterocycles. The molecule has 0 radical (unpaired) electrons. The summed E-state index contributed by atoms with van der Waals surface area (Å²) >= 11 is 1.57. The molecule has 0 aliphatic carbocycles. The van der Waals surface area contributed by atoms with Crippen LogP contribution in [0.4, 0.5) is 5.69 Å². The first-order valence-electron chi connectivity index (χ1n) is 8.57. The van der Waals surface area contributed by atoms with E-state index >= 15 is 0 Å². The molecular formula is C20H20N2O3S. The van der Waals surface area contributed by atoms with Gasteiger partial charge in [0.25, 0.3) is 0 Å². The maximum absolute atomic E-state index is 12.5. The Kier molecular flexibility index (Phi) is 4.75. The van der Waals surface area contributed by atoms with E-state index in [9.17, 15) is 4.79 Å². The molecule has 4 rings (SSSR count). The summed E-state index contributed by atoms with van der Waals surface area (Å²) in [6.07, 6.45) is 5.07. The largest absolute Gasteiger partial charge is 0.486 e. The van der Waals surface area contributed by atoms with Crippen LogP contribution in [0.15, 0.2) is 47.5 Å². The molecule has 3 aromatic rings. The van der Waals surface area contributed by atoms with Crippen molar-refractivity contribution < 1.29 is 14.3 Å². The van der Waals surface area contributed by atoms with Crippen molar-refractivity contribution in [2.75, 3.05) is 24.8 Å². The Labute approximate surface area is 156 Å². The molecule has 0 fully saturated rings. The molecule has 134 valence electrons.